The molecule has 3 rings (SSSR count). The third-order valence-corrected chi connectivity index (χ3v) is 4.22. The number of rotatable bonds is 5. The van der Waals surface area contributed by atoms with Gasteiger partial charge in [0.05, 0.1) is 12.7 Å². The molecule has 0 aliphatic heterocycles. The van der Waals surface area contributed by atoms with E-state index in [0.717, 1.165) is 4.57 Å². The number of nitrogens with one attached hydrogen (secondary N) is 1. The van der Waals surface area contributed by atoms with Gasteiger partial charge >= 0.3 is 5.69 Å². The maximum atomic E-state index is 12.3. The Morgan fingerprint density at radius 2 is 1.78 bits per heavy atom. The summed E-state index contributed by atoms with van der Waals surface area (Å²) in [5, 5.41) is 2.68. The predicted molar refractivity (Wildman–Crippen MR) is 96.5 cm³/mol. The van der Waals surface area contributed by atoms with Crippen LogP contribution in [0.1, 0.15) is 5.69 Å². The highest BCUT2D eigenvalue weighted by molar-refractivity contribution is 5.78. The Morgan fingerprint density at radius 1 is 1.07 bits per heavy atom. The fourth-order valence-corrected chi connectivity index (χ4v) is 2.73. The maximum Gasteiger partial charge on any atom is 0.332 e. The van der Waals surface area contributed by atoms with E-state index in [4.69, 9.17) is 0 Å². The maximum absolute atomic E-state index is 12.3. The van der Waals surface area contributed by atoms with E-state index in [9.17, 15) is 19.2 Å². The van der Waals surface area contributed by atoms with Gasteiger partial charge in [-0.25, -0.2) is 14.8 Å². The van der Waals surface area contributed by atoms with Gasteiger partial charge in [-0.15, -0.1) is 0 Å². The summed E-state index contributed by atoms with van der Waals surface area (Å²) in [6, 6.07) is 1.42. The van der Waals surface area contributed by atoms with Gasteiger partial charge < -0.3 is 9.88 Å². The van der Waals surface area contributed by atoms with Gasteiger partial charge in [0.1, 0.15) is 6.54 Å². The van der Waals surface area contributed by atoms with Gasteiger partial charge in [-0.05, 0) is 6.92 Å². The zero-order chi connectivity index (χ0) is 19.7. The van der Waals surface area contributed by atoms with Crippen molar-refractivity contribution in [3.8, 4) is 0 Å². The number of aryl methyl sites for hydroxylation is 2. The number of carbonyl (C=O) groups excluding carboxylic acids is 1. The Morgan fingerprint density at radius 3 is 2.48 bits per heavy atom. The van der Waals surface area contributed by atoms with E-state index < -0.39 is 11.2 Å². The van der Waals surface area contributed by atoms with Crippen molar-refractivity contribution in [2.45, 2.75) is 20.0 Å². The third-order valence-electron chi connectivity index (χ3n) is 4.22. The van der Waals surface area contributed by atoms with Crippen LogP contribution in [-0.4, -0.2) is 40.7 Å². The number of aromatic nitrogens is 6. The molecule has 0 bridgehead atoms. The summed E-state index contributed by atoms with van der Waals surface area (Å²) in [5.74, 6) is -0.349. The average molecular weight is 373 g/mol. The molecule has 142 valence electrons. The monoisotopic (exact) mass is 373 g/mol. The summed E-state index contributed by atoms with van der Waals surface area (Å²) in [6.45, 7) is 2.10. The van der Waals surface area contributed by atoms with E-state index in [1.165, 1.54) is 46.5 Å². The first kappa shape index (κ1) is 18.3. The highest BCUT2D eigenvalue weighted by Gasteiger charge is 2.15. The highest BCUT2D eigenvalue weighted by Crippen LogP contribution is 2.04. The molecule has 3 aromatic rings. The van der Waals surface area contributed by atoms with Crippen LogP contribution in [0.3, 0.4) is 0 Å². The molecule has 3 heterocycles. The van der Waals surface area contributed by atoms with Crippen LogP contribution in [0.4, 0.5) is 0 Å². The largest absolute Gasteiger partial charge is 0.353 e. The van der Waals surface area contributed by atoms with Gasteiger partial charge in [0, 0.05) is 38.9 Å². The van der Waals surface area contributed by atoms with Crippen molar-refractivity contribution in [1.82, 2.24) is 33.6 Å². The molecule has 0 aromatic carbocycles. The lowest BCUT2D eigenvalue weighted by Crippen LogP contribution is -2.38. The summed E-state index contributed by atoms with van der Waals surface area (Å²) in [4.78, 5) is 56.3. The molecule has 1 amide bonds. The molecule has 11 heteroatoms. The lowest BCUT2D eigenvalue weighted by atomic mass is 10.4. The van der Waals surface area contributed by atoms with Crippen LogP contribution in [-0.2, 0) is 32.0 Å². The van der Waals surface area contributed by atoms with E-state index in [0.29, 0.717) is 5.69 Å². The van der Waals surface area contributed by atoms with Crippen LogP contribution < -0.4 is 22.1 Å². The van der Waals surface area contributed by atoms with Crippen molar-refractivity contribution in [2.24, 2.45) is 14.1 Å². The number of imidazole rings is 1. The molecule has 0 radical (unpaired) electrons. The average Bonchev–Trinajstić information content (AvgIpc) is 3.03. The van der Waals surface area contributed by atoms with Gasteiger partial charge in [0.25, 0.3) is 11.1 Å². The summed E-state index contributed by atoms with van der Waals surface area (Å²) in [7, 11) is 2.88. The normalized spacial score (nSPS) is 11.1. The molecule has 0 unspecified atom stereocenters. The summed E-state index contributed by atoms with van der Waals surface area (Å²) >= 11 is 0. The number of hydrogen-bond acceptors (Lipinski definition) is 6. The molecule has 1 N–H and O–H groups in total. The zero-order valence-corrected chi connectivity index (χ0v) is 15.2. The quantitative estimate of drug-likeness (QED) is 0.558. The molecule has 3 aromatic heterocycles. The lowest BCUT2D eigenvalue weighted by Gasteiger charge is -2.09. The number of fused-ring (bicyclic) bond motifs is 1. The Hall–Kier alpha value is -3.50. The van der Waals surface area contributed by atoms with E-state index in [-0.39, 0.29) is 42.3 Å². The zero-order valence-electron chi connectivity index (χ0n) is 15.2. The van der Waals surface area contributed by atoms with Gasteiger partial charge in [-0.3, -0.25) is 28.1 Å². The summed E-state index contributed by atoms with van der Waals surface area (Å²) in [5.41, 5.74) is -0.179. The third kappa shape index (κ3) is 3.43. The molecular weight excluding hydrogens is 354 g/mol. The number of amides is 1. The van der Waals surface area contributed by atoms with E-state index in [1.807, 2.05) is 0 Å². The second-order valence-electron chi connectivity index (χ2n) is 6.16. The summed E-state index contributed by atoms with van der Waals surface area (Å²) in [6.07, 6.45) is 2.77. The van der Waals surface area contributed by atoms with E-state index in [1.54, 1.807) is 6.92 Å². The minimum Gasteiger partial charge on any atom is -0.353 e. The van der Waals surface area contributed by atoms with Gasteiger partial charge in [0.15, 0.2) is 11.2 Å². The Bertz CT molecular complexity index is 1200. The van der Waals surface area contributed by atoms with Crippen molar-refractivity contribution in [3.63, 3.8) is 0 Å². The summed E-state index contributed by atoms with van der Waals surface area (Å²) < 4.78 is 5.01. The van der Waals surface area contributed by atoms with E-state index >= 15 is 0 Å². The first-order valence-corrected chi connectivity index (χ1v) is 8.20. The second kappa shape index (κ2) is 7.02. The van der Waals surface area contributed by atoms with E-state index in [2.05, 4.69) is 15.3 Å². The Kier molecular flexibility index (Phi) is 4.75. The smallest absolute Gasteiger partial charge is 0.332 e. The van der Waals surface area contributed by atoms with Crippen LogP contribution >= 0.6 is 0 Å². The molecular formula is C16H19N7O4. The molecule has 11 nitrogen and oxygen atoms in total. The lowest BCUT2D eigenvalue weighted by molar-refractivity contribution is -0.121. The first-order chi connectivity index (χ1) is 12.8. The molecule has 0 saturated heterocycles. The SMILES string of the molecule is Cc1cc(=O)n(CCNC(=O)Cn2cnc3c2c(=O)n(C)c(=O)n3C)cn1. The van der Waals surface area contributed by atoms with Crippen molar-refractivity contribution in [1.29, 1.82) is 0 Å². The van der Waals surface area contributed by atoms with Gasteiger partial charge in [0.2, 0.25) is 5.91 Å². The molecule has 27 heavy (non-hydrogen) atoms. The Labute approximate surface area is 152 Å². The minimum atomic E-state index is -0.518. The van der Waals surface area contributed by atoms with Gasteiger partial charge in [-0.2, -0.15) is 0 Å². The number of hydrogen-bond donors (Lipinski definition) is 1. The predicted octanol–water partition coefficient (Wildman–Crippen LogP) is -1.88. The molecule has 0 atom stereocenters. The molecule has 0 fully saturated rings. The van der Waals surface area contributed by atoms with Gasteiger partial charge in [-0.1, -0.05) is 0 Å². The topological polar surface area (TPSA) is 126 Å². The number of nitrogens with zero attached hydrogens (tertiary/aromatic N) is 6. The van der Waals surface area contributed by atoms with Crippen molar-refractivity contribution < 1.29 is 4.79 Å². The van der Waals surface area contributed by atoms with Crippen LogP contribution in [0.25, 0.3) is 11.2 Å². The van der Waals surface area contributed by atoms with Crippen molar-refractivity contribution in [3.05, 3.63) is 55.6 Å². The minimum absolute atomic E-state index is 0.134. The molecule has 0 spiro atoms. The fourth-order valence-electron chi connectivity index (χ4n) is 2.73. The molecule has 0 aliphatic rings. The first-order valence-electron chi connectivity index (χ1n) is 8.20. The fraction of sp³-hybridized carbons (Fsp3) is 0.375. The Balaban J connectivity index is 1.72. The van der Waals surface area contributed by atoms with Crippen LogP contribution in [0.15, 0.2) is 33.1 Å². The van der Waals surface area contributed by atoms with Crippen LogP contribution in [0.2, 0.25) is 0 Å². The molecule has 0 saturated carbocycles. The second-order valence-corrected chi connectivity index (χ2v) is 6.16. The number of carbonyl (C=O) groups is 1. The molecule has 0 aliphatic carbocycles. The standard InChI is InChI=1S/C16H19N7O4/c1-10-6-12(25)22(8-18-10)5-4-17-11(24)7-23-9-19-14-13(23)15(26)21(3)16(27)20(14)2/h6,8-9H,4-5,7H2,1-3H3,(H,17,24). The van der Waals surface area contributed by atoms with Crippen LogP contribution in [0.5, 0.6) is 0 Å². The van der Waals surface area contributed by atoms with Crippen LogP contribution in [0, 0.1) is 6.92 Å². The van der Waals surface area contributed by atoms with Crippen molar-refractivity contribution in [2.75, 3.05) is 6.54 Å². The highest BCUT2D eigenvalue weighted by atomic mass is 16.2. The van der Waals surface area contributed by atoms with Crippen molar-refractivity contribution >= 4 is 17.1 Å².